The van der Waals surface area contributed by atoms with Crippen molar-refractivity contribution < 1.29 is 9.21 Å². The van der Waals surface area contributed by atoms with Gasteiger partial charge in [0.15, 0.2) is 5.76 Å². The highest BCUT2D eigenvalue weighted by Gasteiger charge is 2.22. The Morgan fingerprint density at radius 1 is 1.41 bits per heavy atom. The largest absolute Gasteiger partial charge is 0.453 e. The molecule has 1 aliphatic carbocycles. The van der Waals surface area contributed by atoms with Gasteiger partial charge in [-0.05, 0) is 38.0 Å². The number of rotatable bonds is 4. The van der Waals surface area contributed by atoms with Crippen LogP contribution >= 0.6 is 0 Å². The average molecular weight is 229 g/mol. The van der Waals surface area contributed by atoms with Gasteiger partial charge in [0.25, 0.3) is 0 Å². The van der Waals surface area contributed by atoms with Gasteiger partial charge in [0.05, 0.1) is 6.54 Å². The Balaban J connectivity index is 1.81. The zero-order valence-corrected chi connectivity index (χ0v) is 9.82. The van der Waals surface area contributed by atoms with E-state index in [4.69, 9.17) is 4.42 Å². The third-order valence-corrected chi connectivity index (χ3v) is 3.08. The molecule has 0 unspecified atom stereocenters. The fraction of sp³-hybridized carbons (Fsp3) is 0.357. The fourth-order valence-corrected chi connectivity index (χ4v) is 1.91. The van der Waals surface area contributed by atoms with E-state index in [2.05, 4.69) is 5.32 Å². The first-order valence-corrected chi connectivity index (χ1v) is 5.99. The molecule has 0 radical (unpaired) electrons. The summed E-state index contributed by atoms with van der Waals surface area (Å²) in [7, 11) is 0. The molecule has 0 aliphatic heterocycles. The van der Waals surface area contributed by atoms with Crippen LogP contribution in [0.4, 0.5) is 0 Å². The number of fused-ring (bicyclic) bond motifs is 1. The quantitative estimate of drug-likeness (QED) is 0.819. The number of hydrogen-bond donors (Lipinski definition) is 1. The lowest BCUT2D eigenvalue weighted by atomic mass is 10.2. The van der Waals surface area contributed by atoms with E-state index in [9.17, 15) is 4.79 Å². The summed E-state index contributed by atoms with van der Waals surface area (Å²) in [6, 6.07) is 8.31. The first-order valence-electron chi connectivity index (χ1n) is 5.99. The maximum atomic E-state index is 11.9. The molecule has 1 fully saturated rings. The molecular formula is C14H15NO2. The van der Waals surface area contributed by atoms with Gasteiger partial charge in [0.1, 0.15) is 5.58 Å². The number of carbonyl (C=O) groups excluding carboxylic acids is 1. The molecule has 1 aliphatic rings. The lowest BCUT2D eigenvalue weighted by molar-refractivity contribution is 0.0966. The van der Waals surface area contributed by atoms with Gasteiger partial charge in [-0.3, -0.25) is 4.79 Å². The first-order chi connectivity index (χ1) is 8.22. The van der Waals surface area contributed by atoms with Crippen LogP contribution in [-0.4, -0.2) is 18.4 Å². The summed E-state index contributed by atoms with van der Waals surface area (Å²) in [6.45, 7) is 2.41. The van der Waals surface area contributed by atoms with Crippen molar-refractivity contribution >= 4 is 16.8 Å². The van der Waals surface area contributed by atoms with Crippen molar-refractivity contribution in [1.82, 2.24) is 5.32 Å². The number of aryl methyl sites for hydroxylation is 1. The van der Waals surface area contributed by atoms with Crippen LogP contribution in [0.3, 0.4) is 0 Å². The van der Waals surface area contributed by atoms with Gasteiger partial charge in [-0.2, -0.15) is 0 Å². The van der Waals surface area contributed by atoms with E-state index in [1.165, 1.54) is 18.4 Å². The Morgan fingerprint density at radius 3 is 3.00 bits per heavy atom. The van der Waals surface area contributed by atoms with Gasteiger partial charge in [-0.1, -0.05) is 11.6 Å². The summed E-state index contributed by atoms with van der Waals surface area (Å²) in [5.41, 5.74) is 1.96. The summed E-state index contributed by atoms with van der Waals surface area (Å²) in [5, 5.41) is 4.20. The molecular weight excluding hydrogens is 214 g/mol. The molecule has 3 rings (SSSR count). The Morgan fingerprint density at radius 2 is 2.24 bits per heavy atom. The van der Waals surface area contributed by atoms with E-state index in [1.54, 1.807) is 0 Å². The molecule has 2 aromatic rings. The topological polar surface area (TPSA) is 42.2 Å². The number of nitrogens with one attached hydrogen (secondary N) is 1. The van der Waals surface area contributed by atoms with E-state index in [0.717, 1.165) is 11.0 Å². The van der Waals surface area contributed by atoms with Crippen molar-refractivity contribution in [3.63, 3.8) is 0 Å². The fourth-order valence-electron chi connectivity index (χ4n) is 1.91. The van der Waals surface area contributed by atoms with Crippen LogP contribution < -0.4 is 5.32 Å². The van der Waals surface area contributed by atoms with Crippen LogP contribution in [0.2, 0.25) is 0 Å². The molecule has 3 nitrogen and oxygen atoms in total. The molecule has 0 amide bonds. The van der Waals surface area contributed by atoms with Crippen LogP contribution in [0.25, 0.3) is 11.0 Å². The molecule has 3 heteroatoms. The van der Waals surface area contributed by atoms with Crippen molar-refractivity contribution in [1.29, 1.82) is 0 Å². The molecule has 17 heavy (non-hydrogen) atoms. The average Bonchev–Trinajstić information content (AvgIpc) is 3.04. The summed E-state index contributed by atoms with van der Waals surface area (Å²) in [5.74, 6) is 0.490. The maximum Gasteiger partial charge on any atom is 0.211 e. The van der Waals surface area contributed by atoms with Crippen molar-refractivity contribution in [2.24, 2.45) is 0 Å². The summed E-state index contributed by atoms with van der Waals surface area (Å²) >= 11 is 0. The van der Waals surface area contributed by atoms with Gasteiger partial charge in [0.2, 0.25) is 5.78 Å². The number of ketones is 1. The van der Waals surface area contributed by atoms with Gasteiger partial charge in [-0.25, -0.2) is 0 Å². The minimum absolute atomic E-state index is 0.0331. The maximum absolute atomic E-state index is 11.9. The molecule has 0 spiro atoms. The molecule has 1 aromatic heterocycles. The van der Waals surface area contributed by atoms with Gasteiger partial charge in [-0.15, -0.1) is 0 Å². The number of furan rings is 1. The van der Waals surface area contributed by atoms with Gasteiger partial charge in [0, 0.05) is 11.4 Å². The van der Waals surface area contributed by atoms with Crippen LogP contribution in [0.15, 0.2) is 28.7 Å². The number of carbonyl (C=O) groups is 1. The van der Waals surface area contributed by atoms with Crippen LogP contribution in [0, 0.1) is 6.92 Å². The third kappa shape index (κ3) is 2.24. The van der Waals surface area contributed by atoms with Crippen LogP contribution in [-0.2, 0) is 0 Å². The number of hydrogen-bond acceptors (Lipinski definition) is 3. The molecule has 1 N–H and O–H groups in total. The molecule has 1 aromatic carbocycles. The molecule has 1 saturated carbocycles. The first kappa shape index (κ1) is 10.5. The molecule has 88 valence electrons. The molecule has 1 heterocycles. The zero-order valence-electron chi connectivity index (χ0n) is 9.82. The highest BCUT2D eigenvalue weighted by Crippen LogP contribution is 2.22. The summed E-state index contributed by atoms with van der Waals surface area (Å²) in [6.07, 6.45) is 2.37. The number of benzene rings is 1. The van der Waals surface area contributed by atoms with E-state index in [0.29, 0.717) is 18.3 Å². The number of Topliss-reactive ketones (excluding diaryl/α,β-unsaturated/α-hetero) is 1. The molecule has 0 bridgehead atoms. The summed E-state index contributed by atoms with van der Waals surface area (Å²) < 4.78 is 5.55. The second-order valence-corrected chi connectivity index (χ2v) is 4.73. The van der Waals surface area contributed by atoms with Crippen LogP contribution in [0.5, 0.6) is 0 Å². The second kappa shape index (κ2) is 4.00. The summed E-state index contributed by atoms with van der Waals surface area (Å²) in [4.78, 5) is 11.9. The monoisotopic (exact) mass is 229 g/mol. The van der Waals surface area contributed by atoms with E-state index >= 15 is 0 Å². The standard InChI is InChI=1S/C14H15NO2/c1-9-2-5-13-10(6-9)7-14(17-13)12(16)8-15-11-3-4-11/h2,5-7,11,15H,3-4,8H2,1H3. The van der Waals surface area contributed by atoms with Crippen molar-refractivity contribution in [3.05, 3.63) is 35.6 Å². The van der Waals surface area contributed by atoms with Gasteiger partial charge >= 0.3 is 0 Å². The minimum atomic E-state index is 0.0331. The van der Waals surface area contributed by atoms with Crippen molar-refractivity contribution in [2.75, 3.05) is 6.54 Å². The van der Waals surface area contributed by atoms with E-state index < -0.39 is 0 Å². The third-order valence-electron chi connectivity index (χ3n) is 3.08. The smallest absolute Gasteiger partial charge is 0.211 e. The van der Waals surface area contributed by atoms with Crippen molar-refractivity contribution in [2.45, 2.75) is 25.8 Å². The lowest BCUT2D eigenvalue weighted by Crippen LogP contribution is -2.24. The predicted molar refractivity (Wildman–Crippen MR) is 66.3 cm³/mol. The highest BCUT2D eigenvalue weighted by atomic mass is 16.3. The lowest BCUT2D eigenvalue weighted by Gasteiger charge is -1.98. The Bertz CT molecular complexity index is 567. The zero-order chi connectivity index (χ0) is 11.8. The second-order valence-electron chi connectivity index (χ2n) is 4.73. The highest BCUT2D eigenvalue weighted by molar-refractivity contribution is 5.98. The Hall–Kier alpha value is -1.61. The minimum Gasteiger partial charge on any atom is -0.453 e. The normalized spacial score (nSPS) is 15.4. The predicted octanol–water partition coefficient (Wildman–Crippen LogP) is 2.68. The van der Waals surface area contributed by atoms with E-state index in [1.807, 2.05) is 31.2 Å². The Kier molecular flexibility index (Phi) is 2.48. The Labute approximate surface area is 99.8 Å². The van der Waals surface area contributed by atoms with Crippen LogP contribution in [0.1, 0.15) is 29.0 Å². The molecule has 0 atom stereocenters. The van der Waals surface area contributed by atoms with E-state index in [-0.39, 0.29) is 5.78 Å². The SMILES string of the molecule is Cc1ccc2oc(C(=O)CNC3CC3)cc2c1. The van der Waals surface area contributed by atoms with Crippen molar-refractivity contribution in [3.8, 4) is 0 Å². The van der Waals surface area contributed by atoms with Gasteiger partial charge < -0.3 is 9.73 Å². The molecule has 0 saturated heterocycles.